The highest BCUT2D eigenvalue weighted by molar-refractivity contribution is 6.44. The average Bonchev–Trinajstić information content (AvgIpc) is 2.89. The molecule has 0 radical (unpaired) electrons. The molecule has 0 amide bonds. The van der Waals surface area contributed by atoms with E-state index in [2.05, 4.69) is 33.2 Å². The number of aromatic nitrogens is 1. The summed E-state index contributed by atoms with van der Waals surface area (Å²) in [5.41, 5.74) is 2.04. The zero-order valence-corrected chi connectivity index (χ0v) is 22.6. The zero-order chi connectivity index (χ0) is 25.7. The van der Waals surface area contributed by atoms with E-state index >= 15 is 0 Å². The number of hydrogen-bond acceptors (Lipinski definition) is 8. The van der Waals surface area contributed by atoms with Crippen LogP contribution in [-0.4, -0.2) is 80.9 Å². The maximum absolute atomic E-state index is 9.75. The van der Waals surface area contributed by atoms with Gasteiger partial charge in [0.2, 0.25) is 0 Å². The van der Waals surface area contributed by atoms with Crippen molar-refractivity contribution in [1.82, 2.24) is 14.8 Å². The summed E-state index contributed by atoms with van der Waals surface area (Å²) in [4.78, 5) is 9.28. The van der Waals surface area contributed by atoms with Gasteiger partial charge in [0.05, 0.1) is 53.3 Å². The fourth-order valence-corrected chi connectivity index (χ4v) is 4.51. The summed E-state index contributed by atoms with van der Waals surface area (Å²) >= 11 is 12.7. The maximum Gasteiger partial charge on any atom is 0.163 e. The topological polar surface area (TPSA) is 114 Å². The number of nitrogens with zero attached hydrogens (tertiary/aromatic N) is 4. The van der Waals surface area contributed by atoms with Gasteiger partial charge in [-0.05, 0) is 19.5 Å². The van der Waals surface area contributed by atoms with E-state index in [1.807, 2.05) is 12.1 Å². The highest BCUT2D eigenvalue weighted by Crippen LogP contribution is 2.40. The number of rotatable bonds is 9. The molecule has 11 heteroatoms. The smallest absolute Gasteiger partial charge is 0.163 e. The first-order valence-corrected chi connectivity index (χ1v) is 12.4. The summed E-state index contributed by atoms with van der Waals surface area (Å²) in [5, 5.41) is 14.3. The van der Waals surface area contributed by atoms with Crippen LogP contribution in [0, 0.1) is 11.3 Å². The minimum absolute atomic E-state index is 0. The minimum Gasteiger partial charge on any atom is -0.497 e. The molecule has 0 bridgehead atoms. The molecule has 2 aromatic carbocycles. The van der Waals surface area contributed by atoms with Crippen LogP contribution in [0.2, 0.25) is 10.0 Å². The molecule has 198 valence electrons. The number of likely N-dealkylation sites (N-methyl/N-ethyl adjacent to an activating group) is 1. The number of fused-ring (bicyclic) bond motifs is 1. The molecule has 0 unspecified atom stereocenters. The largest absolute Gasteiger partial charge is 0.497 e. The first-order valence-electron chi connectivity index (χ1n) is 11.7. The lowest BCUT2D eigenvalue weighted by Gasteiger charge is -2.32. The molecule has 3 N–H and O–H groups in total. The molecule has 2 heterocycles. The van der Waals surface area contributed by atoms with Gasteiger partial charge in [0.25, 0.3) is 0 Å². The minimum atomic E-state index is 0. The number of pyridine rings is 1. The predicted octanol–water partition coefficient (Wildman–Crippen LogP) is 4.37. The second-order valence-corrected chi connectivity index (χ2v) is 9.41. The summed E-state index contributed by atoms with van der Waals surface area (Å²) in [6, 6.07) is 9.18. The van der Waals surface area contributed by atoms with Crippen molar-refractivity contribution in [2.75, 3.05) is 65.9 Å². The fourth-order valence-electron chi connectivity index (χ4n) is 4.14. The van der Waals surface area contributed by atoms with Crippen LogP contribution >= 0.6 is 23.2 Å². The Hall–Kier alpha value is -3.00. The lowest BCUT2D eigenvalue weighted by Crippen LogP contribution is -2.44. The molecule has 0 saturated carbocycles. The summed E-state index contributed by atoms with van der Waals surface area (Å²) in [6.07, 6.45) is 2.43. The molecule has 0 aliphatic carbocycles. The van der Waals surface area contributed by atoms with Gasteiger partial charge in [0, 0.05) is 62.5 Å². The van der Waals surface area contributed by atoms with E-state index in [1.165, 1.54) is 6.20 Å². The number of benzene rings is 2. The number of nitrogens with one attached hydrogen (secondary N) is 1. The molecule has 1 aliphatic rings. The van der Waals surface area contributed by atoms with Crippen molar-refractivity contribution in [2.45, 2.75) is 6.42 Å². The third-order valence-electron chi connectivity index (χ3n) is 6.24. The molecule has 1 aromatic heterocycles. The van der Waals surface area contributed by atoms with Gasteiger partial charge in [0.15, 0.2) is 11.5 Å². The summed E-state index contributed by atoms with van der Waals surface area (Å²) in [7, 11) is 5.29. The summed E-state index contributed by atoms with van der Waals surface area (Å²) in [5.74, 6) is 1.69. The normalized spacial score (nSPS) is 14.1. The van der Waals surface area contributed by atoms with Gasteiger partial charge in [-0.1, -0.05) is 23.2 Å². The summed E-state index contributed by atoms with van der Waals surface area (Å²) in [6.45, 7) is 5.91. The number of hydrogen-bond donors (Lipinski definition) is 1. The summed E-state index contributed by atoms with van der Waals surface area (Å²) < 4.78 is 17.0. The van der Waals surface area contributed by atoms with Crippen LogP contribution in [0.5, 0.6) is 17.2 Å². The van der Waals surface area contributed by atoms with Gasteiger partial charge in [-0.15, -0.1) is 0 Å². The highest BCUT2D eigenvalue weighted by Gasteiger charge is 2.17. The zero-order valence-electron chi connectivity index (χ0n) is 21.1. The van der Waals surface area contributed by atoms with Crippen LogP contribution < -0.4 is 19.5 Å². The van der Waals surface area contributed by atoms with Gasteiger partial charge in [0.1, 0.15) is 11.8 Å². The quantitative estimate of drug-likeness (QED) is 0.393. The predicted molar refractivity (Wildman–Crippen MR) is 147 cm³/mol. The molecular formula is C26H31Cl2N5O4. The van der Waals surface area contributed by atoms with Gasteiger partial charge in [-0.25, -0.2) is 0 Å². The Balaban J connectivity index is 0.00000380. The van der Waals surface area contributed by atoms with Gasteiger partial charge < -0.3 is 34.8 Å². The Morgan fingerprint density at radius 1 is 1.05 bits per heavy atom. The lowest BCUT2D eigenvalue weighted by atomic mass is 10.1. The first-order chi connectivity index (χ1) is 17.4. The highest BCUT2D eigenvalue weighted by atomic mass is 35.5. The number of halogens is 2. The molecule has 0 atom stereocenters. The molecule has 1 saturated heterocycles. The van der Waals surface area contributed by atoms with Crippen LogP contribution in [-0.2, 0) is 0 Å². The molecule has 3 aromatic rings. The second-order valence-electron chi connectivity index (χ2n) is 8.62. The Morgan fingerprint density at radius 2 is 1.81 bits per heavy atom. The SMILES string of the molecule is COc1cc(Cl)c(Cl)c(Nc2c(C#N)cnc3cc(OCCCN4CCN(C)CC4)c(OC)cc23)c1.O. The van der Waals surface area contributed by atoms with E-state index < -0.39 is 0 Å². The Labute approximate surface area is 226 Å². The van der Waals surface area contributed by atoms with Crippen molar-refractivity contribution in [3.05, 3.63) is 46.1 Å². The second kappa shape index (κ2) is 13.0. The molecule has 1 aliphatic heterocycles. The van der Waals surface area contributed by atoms with Crippen molar-refractivity contribution >= 4 is 45.5 Å². The third kappa shape index (κ3) is 6.66. The number of anilines is 2. The number of methoxy groups -OCH3 is 2. The number of piperazine rings is 1. The van der Waals surface area contributed by atoms with E-state index in [1.54, 1.807) is 26.4 Å². The van der Waals surface area contributed by atoms with E-state index in [0.717, 1.165) is 39.1 Å². The Morgan fingerprint density at radius 3 is 2.49 bits per heavy atom. The van der Waals surface area contributed by atoms with Gasteiger partial charge >= 0.3 is 0 Å². The molecule has 37 heavy (non-hydrogen) atoms. The van der Waals surface area contributed by atoms with E-state index in [9.17, 15) is 5.26 Å². The monoisotopic (exact) mass is 547 g/mol. The van der Waals surface area contributed by atoms with Crippen molar-refractivity contribution in [2.24, 2.45) is 0 Å². The lowest BCUT2D eigenvalue weighted by molar-refractivity contribution is 0.145. The molecule has 1 fully saturated rings. The average molecular weight is 548 g/mol. The van der Waals surface area contributed by atoms with Crippen LogP contribution in [0.25, 0.3) is 10.9 Å². The van der Waals surface area contributed by atoms with E-state index in [4.69, 9.17) is 37.4 Å². The molecule has 4 rings (SSSR count). The van der Waals surface area contributed by atoms with Crippen molar-refractivity contribution < 1.29 is 19.7 Å². The number of nitriles is 1. The first kappa shape index (κ1) is 28.6. The van der Waals surface area contributed by atoms with Crippen LogP contribution in [0.3, 0.4) is 0 Å². The fraction of sp³-hybridized carbons (Fsp3) is 0.385. The standard InChI is InChI=1S/C26H29Cl2N5O3.H2O/c1-32-6-8-33(9-7-32)5-4-10-36-24-14-21-19(13-23(24)35-3)26(17(15-29)16-30-21)31-22-12-18(34-2)11-20(27)25(22)28;/h11-14,16H,4-10H2,1-3H3,(H,30,31);1H2. The molecule has 9 nitrogen and oxygen atoms in total. The maximum atomic E-state index is 9.75. The van der Waals surface area contributed by atoms with Crippen molar-refractivity contribution in [3.63, 3.8) is 0 Å². The van der Waals surface area contributed by atoms with Crippen molar-refractivity contribution in [1.29, 1.82) is 5.26 Å². The van der Waals surface area contributed by atoms with Gasteiger partial charge in [-0.3, -0.25) is 4.98 Å². The van der Waals surface area contributed by atoms with Gasteiger partial charge in [-0.2, -0.15) is 5.26 Å². The van der Waals surface area contributed by atoms with Crippen LogP contribution in [0.15, 0.2) is 30.5 Å². The molecular weight excluding hydrogens is 517 g/mol. The third-order valence-corrected chi connectivity index (χ3v) is 7.05. The van der Waals surface area contributed by atoms with Crippen LogP contribution in [0.1, 0.15) is 12.0 Å². The molecule has 0 spiro atoms. The van der Waals surface area contributed by atoms with E-state index in [-0.39, 0.29) is 5.48 Å². The van der Waals surface area contributed by atoms with Crippen molar-refractivity contribution in [3.8, 4) is 23.3 Å². The Bertz CT molecular complexity index is 1280. The number of ether oxygens (including phenoxy) is 3. The van der Waals surface area contributed by atoms with E-state index in [0.29, 0.717) is 61.7 Å². The Kier molecular flexibility index (Phi) is 10.0. The van der Waals surface area contributed by atoms with Crippen LogP contribution in [0.4, 0.5) is 11.4 Å².